The Balaban J connectivity index is 1.43. The summed E-state index contributed by atoms with van der Waals surface area (Å²) in [6, 6.07) is 10.5. The van der Waals surface area contributed by atoms with Crippen LogP contribution in [0, 0.1) is 0 Å². The number of benzene rings is 1. The van der Waals surface area contributed by atoms with Crippen LogP contribution in [0.5, 0.6) is 0 Å². The van der Waals surface area contributed by atoms with Crippen LogP contribution in [0.15, 0.2) is 36.5 Å². The molecule has 1 aliphatic carbocycles. The first-order valence-electron chi connectivity index (χ1n) is 9.96. The summed E-state index contributed by atoms with van der Waals surface area (Å²) in [6.07, 6.45) is 5.15. The molecule has 1 saturated carbocycles. The van der Waals surface area contributed by atoms with Crippen LogP contribution in [0.2, 0.25) is 0 Å². The number of morpholine rings is 1. The van der Waals surface area contributed by atoms with Crippen LogP contribution in [-0.2, 0) is 11.2 Å². The second-order valence-electron chi connectivity index (χ2n) is 7.85. The first-order valence-corrected chi connectivity index (χ1v) is 9.96. The summed E-state index contributed by atoms with van der Waals surface area (Å²) in [5.74, 6) is 0.986. The van der Waals surface area contributed by atoms with Crippen molar-refractivity contribution in [1.29, 1.82) is 0 Å². The van der Waals surface area contributed by atoms with Crippen molar-refractivity contribution >= 4 is 22.4 Å². The monoisotopic (exact) mass is 374 g/mol. The molecule has 0 radical (unpaired) electrons. The van der Waals surface area contributed by atoms with E-state index in [1.54, 1.807) is 0 Å². The number of fused-ring (bicyclic) bond motifs is 2. The summed E-state index contributed by atoms with van der Waals surface area (Å²) in [5, 5.41) is 13.6. The van der Waals surface area contributed by atoms with Gasteiger partial charge in [0, 0.05) is 29.7 Å². The van der Waals surface area contributed by atoms with Gasteiger partial charge in [0.25, 0.3) is 0 Å². The molecule has 2 fully saturated rings. The summed E-state index contributed by atoms with van der Waals surface area (Å²) in [7, 11) is 0. The average Bonchev–Trinajstić information content (AvgIpc) is 3.17. The van der Waals surface area contributed by atoms with E-state index in [0.29, 0.717) is 0 Å². The molecule has 1 N–H and O–H groups in total. The largest absolute Gasteiger partial charge is 0.371 e. The molecule has 0 unspecified atom stereocenters. The molecule has 1 saturated heterocycles. The van der Waals surface area contributed by atoms with Gasteiger partial charge < -0.3 is 9.64 Å². The standard InChI is InChI=1S/C21H22N6O/c1-2-16-15-11-14(3-4-17(15)24-23-16)18-12-22-19-5-6-20(25-27(18)19)26-9-10-28-21(13-26)7-8-21/h3-6,11-12H,2,7-10,13H2,1H3,(H,23,24). The van der Waals surface area contributed by atoms with Gasteiger partial charge >= 0.3 is 0 Å². The van der Waals surface area contributed by atoms with Crippen LogP contribution in [0.3, 0.4) is 0 Å². The van der Waals surface area contributed by atoms with E-state index in [-0.39, 0.29) is 5.60 Å². The lowest BCUT2D eigenvalue weighted by molar-refractivity contribution is 0.0203. The second-order valence-corrected chi connectivity index (χ2v) is 7.85. The third-order valence-electron chi connectivity index (χ3n) is 6.01. The maximum atomic E-state index is 5.95. The van der Waals surface area contributed by atoms with Gasteiger partial charge in [-0.1, -0.05) is 13.0 Å². The highest BCUT2D eigenvalue weighted by Crippen LogP contribution is 2.42. The number of nitrogens with zero attached hydrogens (tertiary/aromatic N) is 5. The lowest BCUT2D eigenvalue weighted by atomic mass is 10.1. The third-order valence-corrected chi connectivity index (χ3v) is 6.01. The van der Waals surface area contributed by atoms with E-state index in [2.05, 4.69) is 57.3 Å². The van der Waals surface area contributed by atoms with Crippen LogP contribution >= 0.6 is 0 Å². The molecule has 142 valence electrons. The fraction of sp³-hybridized carbons (Fsp3) is 0.381. The highest BCUT2D eigenvalue weighted by atomic mass is 16.5. The molecule has 1 aliphatic heterocycles. The van der Waals surface area contributed by atoms with Crippen LogP contribution in [0.1, 0.15) is 25.5 Å². The van der Waals surface area contributed by atoms with Crippen LogP contribution in [0.4, 0.5) is 5.82 Å². The lowest BCUT2D eigenvalue weighted by Gasteiger charge is -2.33. The number of hydrogen-bond acceptors (Lipinski definition) is 5. The van der Waals surface area contributed by atoms with Crippen molar-refractivity contribution in [3.05, 3.63) is 42.2 Å². The average molecular weight is 374 g/mol. The van der Waals surface area contributed by atoms with E-state index in [4.69, 9.17) is 9.84 Å². The predicted molar refractivity (Wildman–Crippen MR) is 108 cm³/mol. The number of aromatic amines is 1. The van der Waals surface area contributed by atoms with E-state index < -0.39 is 0 Å². The predicted octanol–water partition coefficient (Wildman–Crippen LogP) is 3.20. The third kappa shape index (κ3) is 2.43. The first kappa shape index (κ1) is 16.1. The van der Waals surface area contributed by atoms with Crippen molar-refractivity contribution in [2.24, 2.45) is 0 Å². The van der Waals surface area contributed by atoms with Crippen molar-refractivity contribution < 1.29 is 4.74 Å². The van der Waals surface area contributed by atoms with Gasteiger partial charge in [-0.15, -0.1) is 5.10 Å². The van der Waals surface area contributed by atoms with Crippen LogP contribution < -0.4 is 4.90 Å². The highest BCUT2D eigenvalue weighted by Gasteiger charge is 2.47. The second kappa shape index (κ2) is 5.78. The number of H-pyrrole nitrogens is 1. The Labute approximate surface area is 162 Å². The minimum absolute atomic E-state index is 0.0789. The summed E-state index contributed by atoms with van der Waals surface area (Å²) in [5.41, 5.74) is 5.18. The minimum atomic E-state index is 0.0789. The van der Waals surface area contributed by atoms with Crippen molar-refractivity contribution in [3.8, 4) is 11.3 Å². The Bertz CT molecular complexity index is 1190. The number of ether oxygens (including phenoxy) is 1. The Hall–Kier alpha value is -2.93. The number of nitrogens with one attached hydrogen (secondary N) is 1. The zero-order valence-electron chi connectivity index (χ0n) is 15.9. The Morgan fingerprint density at radius 2 is 2.14 bits per heavy atom. The summed E-state index contributed by atoms with van der Waals surface area (Å²) < 4.78 is 7.91. The zero-order chi connectivity index (χ0) is 18.7. The molecule has 0 atom stereocenters. The Morgan fingerprint density at radius 1 is 1.21 bits per heavy atom. The van der Waals surface area contributed by atoms with Gasteiger partial charge in [-0.05, 0) is 43.5 Å². The summed E-state index contributed by atoms with van der Waals surface area (Å²) in [6.45, 7) is 4.71. The topological polar surface area (TPSA) is 71.3 Å². The number of rotatable bonds is 3. The smallest absolute Gasteiger partial charge is 0.154 e. The number of anilines is 1. The van der Waals surface area contributed by atoms with Gasteiger partial charge in [0.05, 0.1) is 29.6 Å². The molecule has 28 heavy (non-hydrogen) atoms. The highest BCUT2D eigenvalue weighted by molar-refractivity contribution is 5.86. The van der Waals surface area contributed by atoms with Gasteiger partial charge in [-0.2, -0.15) is 5.10 Å². The Morgan fingerprint density at radius 3 is 3.00 bits per heavy atom. The molecule has 0 bridgehead atoms. The normalized spacial score (nSPS) is 18.4. The van der Waals surface area contributed by atoms with Crippen molar-refractivity contribution in [2.45, 2.75) is 31.8 Å². The zero-order valence-corrected chi connectivity index (χ0v) is 15.9. The SMILES string of the molecule is CCc1[nH]nc2ccc(-c3cnc4ccc(N5CCOC6(CC6)C5)nn34)cc12. The van der Waals surface area contributed by atoms with E-state index in [1.165, 1.54) is 0 Å². The minimum Gasteiger partial charge on any atom is -0.371 e. The summed E-state index contributed by atoms with van der Waals surface area (Å²) in [4.78, 5) is 6.91. The number of aromatic nitrogens is 5. The molecule has 2 aliphatic rings. The first-order chi connectivity index (χ1) is 13.7. The maximum absolute atomic E-state index is 5.95. The molecule has 0 amide bonds. The number of aryl methyl sites for hydroxylation is 1. The molecule has 7 heteroatoms. The van der Waals surface area contributed by atoms with E-state index in [1.807, 2.05) is 10.7 Å². The molecule has 7 nitrogen and oxygen atoms in total. The van der Waals surface area contributed by atoms with E-state index in [0.717, 1.165) is 78.3 Å². The molecular formula is C21H22N6O. The Kier molecular flexibility index (Phi) is 3.32. The van der Waals surface area contributed by atoms with Gasteiger partial charge in [-0.3, -0.25) is 5.10 Å². The van der Waals surface area contributed by atoms with Gasteiger partial charge in [-0.25, -0.2) is 9.50 Å². The molecule has 3 aromatic heterocycles. The molecule has 6 rings (SSSR count). The maximum Gasteiger partial charge on any atom is 0.154 e. The quantitative estimate of drug-likeness (QED) is 0.596. The van der Waals surface area contributed by atoms with Gasteiger partial charge in [0.2, 0.25) is 0 Å². The molecule has 4 aromatic rings. The van der Waals surface area contributed by atoms with Crippen LogP contribution in [0.25, 0.3) is 27.8 Å². The summed E-state index contributed by atoms with van der Waals surface area (Å²) >= 11 is 0. The van der Waals surface area contributed by atoms with E-state index in [9.17, 15) is 0 Å². The van der Waals surface area contributed by atoms with Crippen molar-refractivity contribution in [3.63, 3.8) is 0 Å². The number of imidazole rings is 1. The van der Waals surface area contributed by atoms with E-state index >= 15 is 0 Å². The van der Waals surface area contributed by atoms with Gasteiger partial charge in [0.15, 0.2) is 5.65 Å². The van der Waals surface area contributed by atoms with Gasteiger partial charge in [0.1, 0.15) is 5.82 Å². The molecule has 1 aromatic carbocycles. The van der Waals surface area contributed by atoms with Crippen LogP contribution in [-0.4, -0.2) is 50.1 Å². The lowest BCUT2D eigenvalue weighted by Crippen LogP contribution is -2.44. The molecule has 1 spiro atoms. The van der Waals surface area contributed by atoms with Crippen molar-refractivity contribution in [1.82, 2.24) is 24.8 Å². The number of hydrogen-bond donors (Lipinski definition) is 1. The fourth-order valence-electron chi connectivity index (χ4n) is 4.20. The van der Waals surface area contributed by atoms with Crippen molar-refractivity contribution in [2.75, 3.05) is 24.6 Å². The molecular weight excluding hydrogens is 352 g/mol. The molecule has 4 heterocycles. The fourth-order valence-corrected chi connectivity index (χ4v) is 4.20.